The number of aliphatic imine (C=N–C) groups is 1. The molecule has 0 aromatic heterocycles. The first kappa shape index (κ1) is 29.7. The van der Waals surface area contributed by atoms with Crippen LogP contribution in [0.5, 0.6) is 0 Å². The number of carboxylic acids is 1. The normalized spacial score (nSPS) is 14.0. The van der Waals surface area contributed by atoms with Crippen molar-refractivity contribution in [3.8, 4) is 0 Å². The molecule has 4 unspecified atom stereocenters. The average molecular weight is 512 g/mol. The fourth-order valence-corrected chi connectivity index (χ4v) is 3.17. The van der Waals surface area contributed by atoms with Gasteiger partial charge < -0.3 is 43.4 Å². The first-order valence-corrected chi connectivity index (χ1v) is 11.4. The highest BCUT2D eigenvalue weighted by Crippen LogP contribution is 2.05. The zero-order chi connectivity index (χ0) is 26.4. The molecule has 0 radical (unpaired) electrons. The highest BCUT2D eigenvalue weighted by Gasteiger charge is 2.29. The van der Waals surface area contributed by atoms with Crippen molar-refractivity contribution in [2.75, 3.05) is 18.9 Å². The number of aliphatic carboxylic acids is 1. The molecule has 0 saturated heterocycles. The fourth-order valence-electron chi connectivity index (χ4n) is 2.91. The number of nitrogens with two attached hydrogens (primary N) is 3. The van der Waals surface area contributed by atoms with Gasteiger partial charge in [-0.1, -0.05) is 30.3 Å². The summed E-state index contributed by atoms with van der Waals surface area (Å²) >= 11 is 4.10. The minimum Gasteiger partial charge on any atom is -0.480 e. The van der Waals surface area contributed by atoms with E-state index in [1.54, 1.807) is 30.3 Å². The van der Waals surface area contributed by atoms with Gasteiger partial charge in [-0.05, 0) is 18.4 Å². The van der Waals surface area contributed by atoms with Gasteiger partial charge in [0.2, 0.25) is 17.7 Å². The Bertz CT molecular complexity index is 882. The Balaban J connectivity index is 2.86. The summed E-state index contributed by atoms with van der Waals surface area (Å²) in [6.07, 6.45) is 0.743. The molecule has 1 rings (SSSR count). The van der Waals surface area contributed by atoms with Crippen molar-refractivity contribution in [1.29, 1.82) is 0 Å². The number of amides is 3. The third-order valence-corrected chi connectivity index (χ3v) is 5.20. The Kier molecular flexibility index (Phi) is 13.2. The molecular formula is C21H33N7O6S. The molecule has 0 spiro atoms. The molecule has 0 aliphatic rings. The Labute approximate surface area is 208 Å². The molecule has 0 heterocycles. The van der Waals surface area contributed by atoms with Gasteiger partial charge in [-0.15, -0.1) is 0 Å². The smallest absolute Gasteiger partial charge is 0.328 e. The molecule has 1 aromatic carbocycles. The van der Waals surface area contributed by atoms with Crippen LogP contribution in [0.1, 0.15) is 18.4 Å². The van der Waals surface area contributed by atoms with E-state index in [4.69, 9.17) is 22.3 Å². The monoisotopic (exact) mass is 511 g/mol. The summed E-state index contributed by atoms with van der Waals surface area (Å²) in [7, 11) is 0. The number of rotatable bonds is 15. The number of aliphatic hydroxyl groups is 1. The molecule has 0 aliphatic carbocycles. The minimum absolute atomic E-state index is 0.0354. The second-order valence-electron chi connectivity index (χ2n) is 7.63. The summed E-state index contributed by atoms with van der Waals surface area (Å²) in [5.41, 5.74) is 17.0. The number of guanidine groups is 1. The van der Waals surface area contributed by atoms with Crippen molar-refractivity contribution in [3.05, 3.63) is 35.9 Å². The largest absolute Gasteiger partial charge is 0.480 e. The summed E-state index contributed by atoms with van der Waals surface area (Å²) in [6, 6.07) is 3.93. The number of nitrogens with zero attached hydrogens (tertiary/aromatic N) is 1. The number of aliphatic hydroxyl groups excluding tert-OH is 1. The highest BCUT2D eigenvalue weighted by molar-refractivity contribution is 7.80. The number of thiol groups is 1. The average Bonchev–Trinajstić information content (AvgIpc) is 2.82. The van der Waals surface area contributed by atoms with Crippen LogP contribution in [-0.4, -0.2) is 82.9 Å². The lowest BCUT2D eigenvalue weighted by Gasteiger charge is -2.24. The number of carbonyl (C=O) groups is 4. The Morgan fingerprint density at radius 1 is 0.943 bits per heavy atom. The van der Waals surface area contributed by atoms with E-state index < -0.39 is 54.5 Å². The summed E-state index contributed by atoms with van der Waals surface area (Å²) < 4.78 is 0. The SMILES string of the molecule is NC(N)=NCCCC(N)C(=O)NC(CS)C(=O)NC(Cc1ccccc1)C(=O)NC(CO)C(=O)O. The van der Waals surface area contributed by atoms with Crippen LogP contribution in [0.4, 0.5) is 0 Å². The fraction of sp³-hybridized carbons (Fsp3) is 0.476. The molecule has 194 valence electrons. The number of carbonyl (C=O) groups excluding carboxylic acids is 3. The molecule has 0 fully saturated rings. The topological polar surface area (TPSA) is 235 Å². The van der Waals surface area contributed by atoms with Gasteiger partial charge in [0.05, 0.1) is 12.6 Å². The second-order valence-corrected chi connectivity index (χ2v) is 8.00. The van der Waals surface area contributed by atoms with Crippen molar-refractivity contribution in [3.63, 3.8) is 0 Å². The van der Waals surface area contributed by atoms with E-state index in [-0.39, 0.29) is 24.6 Å². The van der Waals surface area contributed by atoms with Crippen molar-refractivity contribution < 1.29 is 29.4 Å². The van der Waals surface area contributed by atoms with E-state index in [1.165, 1.54) is 0 Å². The molecule has 4 atom stereocenters. The maximum absolute atomic E-state index is 12.9. The molecule has 13 nitrogen and oxygen atoms in total. The first-order chi connectivity index (χ1) is 16.6. The van der Waals surface area contributed by atoms with Crippen LogP contribution < -0.4 is 33.2 Å². The molecule has 0 bridgehead atoms. The summed E-state index contributed by atoms with van der Waals surface area (Å²) in [5, 5.41) is 25.5. The predicted octanol–water partition coefficient (Wildman–Crippen LogP) is -2.93. The van der Waals surface area contributed by atoms with Crippen LogP contribution >= 0.6 is 12.6 Å². The van der Waals surface area contributed by atoms with Gasteiger partial charge in [0.1, 0.15) is 18.1 Å². The number of hydrogen-bond donors (Lipinski definition) is 9. The van der Waals surface area contributed by atoms with Crippen molar-refractivity contribution in [2.45, 2.75) is 43.4 Å². The van der Waals surface area contributed by atoms with E-state index in [0.717, 1.165) is 0 Å². The van der Waals surface area contributed by atoms with Crippen LogP contribution in [0.15, 0.2) is 35.3 Å². The summed E-state index contributed by atoms with van der Waals surface area (Å²) in [5.74, 6) is -3.72. The van der Waals surface area contributed by atoms with Gasteiger partial charge in [0.25, 0.3) is 0 Å². The van der Waals surface area contributed by atoms with Gasteiger partial charge >= 0.3 is 5.97 Å². The van der Waals surface area contributed by atoms with E-state index in [1.807, 2.05) is 0 Å². The van der Waals surface area contributed by atoms with Crippen molar-refractivity contribution in [1.82, 2.24) is 16.0 Å². The standard InChI is InChI=1S/C21H33N7O6S/c22-13(7-4-8-25-21(23)24)17(30)28-16(11-35)19(32)26-14(9-12-5-2-1-3-6-12)18(31)27-15(10-29)20(33)34/h1-3,5-6,13-16,29,35H,4,7-11,22H2,(H,26,32)(H,27,31)(H,28,30)(H,33,34)(H4,23,24,25). The van der Waals surface area contributed by atoms with Crippen molar-refractivity contribution >= 4 is 42.3 Å². The summed E-state index contributed by atoms with van der Waals surface area (Å²) in [6.45, 7) is -0.537. The molecule has 0 saturated carbocycles. The quantitative estimate of drug-likeness (QED) is 0.0506. The van der Waals surface area contributed by atoms with Gasteiger partial charge in [0, 0.05) is 18.7 Å². The van der Waals surface area contributed by atoms with E-state index in [0.29, 0.717) is 18.5 Å². The number of benzene rings is 1. The van der Waals surface area contributed by atoms with Gasteiger partial charge in [0.15, 0.2) is 5.96 Å². The van der Waals surface area contributed by atoms with Crippen molar-refractivity contribution in [2.24, 2.45) is 22.2 Å². The minimum atomic E-state index is -1.55. The Morgan fingerprint density at radius 3 is 2.06 bits per heavy atom. The van der Waals surface area contributed by atoms with E-state index >= 15 is 0 Å². The van der Waals surface area contributed by atoms with Crippen LogP contribution in [0.3, 0.4) is 0 Å². The van der Waals surface area contributed by atoms with Crippen LogP contribution in [0, 0.1) is 0 Å². The van der Waals surface area contributed by atoms with Crippen LogP contribution in [-0.2, 0) is 25.6 Å². The highest BCUT2D eigenvalue weighted by atomic mass is 32.1. The maximum Gasteiger partial charge on any atom is 0.328 e. The van der Waals surface area contributed by atoms with Gasteiger partial charge in [-0.25, -0.2) is 4.79 Å². The molecule has 35 heavy (non-hydrogen) atoms. The lowest BCUT2D eigenvalue weighted by Crippen LogP contribution is -2.58. The number of hydrogen-bond acceptors (Lipinski definition) is 8. The predicted molar refractivity (Wildman–Crippen MR) is 132 cm³/mol. The number of carboxylic acid groups (broad SMARTS) is 1. The lowest BCUT2D eigenvalue weighted by molar-refractivity contribution is -0.143. The Hall–Kier alpha value is -3.36. The third kappa shape index (κ3) is 11.1. The van der Waals surface area contributed by atoms with Crippen LogP contribution in [0.2, 0.25) is 0 Å². The van der Waals surface area contributed by atoms with Crippen LogP contribution in [0.25, 0.3) is 0 Å². The maximum atomic E-state index is 12.9. The molecule has 3 amide bonds. The lowest BCUT2D eigenvalue weighted by atomic mass is 10.0. The van der Waals surface area contributed by atoms with Gasteiger partial charge in [-0.3, -0.25) is 19.4 Å². The van der Waals surface area contributed by atoms with E-state index in [9.17, 15) is 24.3 Å². The zero-order valence-electron chi connectivity index (χ0n) is 19.1. The number of nitrogens with one attached hydrogen (secondary N) is 3. The second kappa shape index (κ2) is 15.5. The first-order valence-electron chi connectivity index (χ1n) is 10.8. The molecule has 14 heteroatoms. The van der Waals surface area contributed by atoms with E-state index in [2.05, 4.69) is 33.6 Å². The zero-order valence-corrected chi connectivity index (χ0v) is 20.0. The Morgan fingerprint density at radius 2 is 1.51 bits per heavy atom. The molecule has 1 aromatic rings. The molecule has 11 N–H and O–H groups in total. The van der Waals surface area contributed by atoms with Gasteiger partial charge in [-0.2, -0.15) is 12.6 Å². The summed E-state index contributed by atoms with van der Waals surface area (Å²) in [4.78, 5) is 53.0. The molecule has 0 aliphatic heterocycles. The molecular weight excluding hydrogens is 478 g/mol. The third-order valence-electron chi connectivity index (χ3n) is 4.83.